The van der Waals surface area contributed by atoms with Gasteiger partial charge in [-0.15, -0.1) is 11.3 Å². The number of fused-ring (bicyclic) bond motifs is 3. The molecule has 2 unspecified atom stereocenters. The van der Waals surface area contributed by atoms with E-state index in [0.29, 0.717) is 18.1 Å². The van der Waals surface area contributed by atoms with Gasteiger partial charge in [-0.2, -0.15) is 5.10 Å². The highest BCUT2D eigenvalue weighted by Crippen LogP contribution is 2.29. The Balaban J connectivity index is 1.52. The van der Waals surface area contributed by atoms with Crippen LogP contribution >= 0.6 is 11.3 Å². The van der Waals surface area contributed by atoms with Crippen molar-refractivity contribution in [2.75, 3.05) is 0 Å². The highest BCUT2D eigenvalue weighted by Gasteiger charge is 2.34. The first-order valence-corrected chi connectivity index (χ1v) is 8.42. The van der Waals surface area contributed by atoms with Crippen LogP contribution in [0.25, 0.3) is 10.2 Å². The van der Waals surface area contributed by atoms with Gasteiger partial charge in [0.2, 0.25) is 0 Å². The highest BCUT2D eigenvalue weighted by molar-refractivity contribution is 7.20. The maximum absolute atomic E-state index is 12.5. The number of nitrogens with one attached hydrogen (secondary N) is 2. The SMILES string of the molecule is Cc1nn(C)c2sc(C(=O)NC3CC4CCC(C3)N4)cc12. The molecule has 2 aliphatic heterocycles. The summed E-state index contributed by atoms with van der Waals surface area (Å²) in [7, 11) is 1.93. The molecule has 112 valence electrons. The Bertz CT molecular complexity index is 657. The summed E-state index contributed by atoms with van der Waals surface area (Å²) in [6.07, 6.45) is 4.64. The fourth-order valence-corrected chi connectivity index (χ4v) is 4.78. The van der Waals surface area contributed by atoms with Crippen molar-refractivity contribution in [3.8, 4) is 0 Å². The lowest BCUT2D eigenvalue weighted by Gasteiger charge is -2.29. The van der Waals surface area contributed by atoms with E-state index in [-0.39, 0.29) is 5.91 Å². The van der Waals surface area contributed by atoms with Gasteiger partial charge in [0.25, 0.3) is 5.91 Å². The molecule has 2 N–H and O–H groups in total. The maximum Gasteiger partial charge on any atom is 0.261 e. The second-order valence-electron chi connectivity index (χ2n) is 6.32. The quantitative estimate of drug-likeness (QED) is 0.891. The van der Waals surface area contributed by atoms with E-state index in [4.69, 9.17) is 0 Å². The molecule has 2 aromatic rings. The van der Waals surface area contributed by atoms with Crippen molar-refractivity contribution in [1.29, 1.82) is 0 Å². The summed E-state index contributed by atoms with van der Waals surface area (Å²) in [5.74, 6) is 0.0712. The van der Waals surface area contributed by atoms with Crippen LogP contribution in [0.15, 0.2) is 6.07 Å². The smallest absolute Gasteiger partial charge is 0.261 e. The third-order valence-electron chi connectivity index (χ3n) is 4.73. The summed E-state index contributed by atoms with van der Waals surface area (Å²) in [6.45, 7) is 1.99. The van der Waals surface area contributed by atoms with E-state index in [1.165, 1.54) is 24.2 Å². The van der Waals surface area contributed by atoms with Crippen molar-refractivity contribution in [2.24, 2.45) is 7.05 Å². The number of aromatic nitrogens is 2. The fraction of sp³-hybridized carbons (Fsp3) is 0.600. The topological polar surface area (TPSA) is 59.0 Å². The van der Waals surface area contributed by atoms with Crippen molar-refractivity contribution < 1.29 is 4.79 Å². The number of piperidine rings is 1. The van der Waals surface area contributed by atoms with Crippen LogP contribution in [0.5, 0.6) is 0 Å². The molecule has 0 aromatic carbocycles. The average molecular weight is 304 g/mol. The zero-order valence-electron chi connectivity index (χ0n) is 12.3. The average Bonchev–Trinajstić information content (AvgIpc) is 3.08. The summed E-state index contributed by atoms with van der Waals surface area (Å²) in [4.78, 5) is 14.4. The van der Waals surface area contributed by atoms with Gasteiger partial charge in [-0.25, -0.2) is 0 Å². The van der Waals surface area contributed by atoms with Crippen LogP contribution in [0.3, 0.4) is 0 Å². The van der Waals surface area contributed by atoms with E-state index in [0.717, 1.165) is 33.6 Å². The Hall–Kier alpha value is -1.40. The molecule has 1 amide bonds. The maximum atomic E-state index is 12.5. The van der Waals surface area contributed by atoms with Gasteiger partial charge in [-0.05, 0) is 38.7 Å². The molecule has 2 aromatic heterocycles. The molecular weight excluding hydrogens is 284 g/mol. The summed E-state index contributed by atoms with van der Waals surface area (Å²) in [5, 5.41) is 12.3. The number of nitrogens with zero attached hydrogens (tertiary/aromatic N) is 2. The zero-order chi connectivity index (χ0) is 14.6. The molecule has 0 saturated carbocycles. The van der Waals surface area contributed by atoms with Crippen molar-refractivity contribution >= 4 is 27.5 Å². The Kier molecular flexibility index (Phi) is 3.04. The Morgan fingerprint density at radius 3 is 2.81 bits per heavy atom. The van der Waals surface area contributed by atoms with E-state index >= 15 is 0 Å². The monoisotopic (exact) mass is 304 g/mol. The lowest BCUT2D eigenvalue weighted by atomic mass is 10.00. The lowest BCUT2D eigenvalue weighted by Crippen LogP contribution is -2.47. The van der Waals surface area contributed by atoms with Gasteiger partial charge in [-0.1, -0.05) is 0 Å². The number of thiophene rings is 1. The largest absolute Gasteiger partial charge is 0.348 e. The van der Waals surface area contributed by atoms with Crippen molar-refractivity contribution in [1.82, 2.24) is 20.4 Å². The first-order chi connectivity index (χ1) is 10.1. The molecule has 2 aliphatic rings. The predicted octanol–water partition coefficient (Wildman–Crippen LogP) is 1.96. The number of hydrogen-bond donors (Lipinski definition) is 2. The van der Waals surface area contributed by atoms with Gasteiger partial charge < -0.3 is 10.6 Å². The molecule has 2 saturated heterocycles. The molecule has 2 bridgehead atoms. The molecule has 5 nitrogen and oxygen atoms in total. The summed E-state index contributed by atoms with van der Waals surface area (Å²) in [5.41, 5.74) is 0.989. The van der Waals surface area contributed by atoms with Gasteiger partial charge in [-0.3, -0.25) is 9.48 Å². The van der Waals surface area contributed by atoms with Crippen LogP contribution < -0.4 is 10.6 Å². The predicted molar refractivity (Wildman–Crippen MR) is 83.8 cm³/mol. The number of carbonyl (C=O) groups excluding carboxylic acids is 1. The fourth-order valence-electron chi connectivity index (χ4n) is 3.75. The molecule has 6 heteroatoms. The molecular formula is C15H20N4OS. The van der Waals surface area contributed by atoms with Gasteiger partial charge in [0.15, 0.2) is 0 Å². The molecule has 2 atom stereocenters. The van der Waals surface area contributed by atoms with E-state index in [2.05, 4.69) is 15.7 Å². The van der Waals surface area contributed by atoms with E-state index < -0.39 is 0 Å². The third kappa shape index (κ3) is 2.26. The van der Waals surface area contributed by atoms with Gasteiger partial charge in [0.1, 0.15) is 4.83 Å². The molecule has 2 fully saturated rings. The van der Waals surface area contributed by atoms with Gasteiger partial charge in [0.05, 0.1) is 10.6 Å². The molecule has 4 heterocycles. The van der Waals surface area contributed by atoms with Crippen molar-refractivity contribution in [3.05, 3.63) is 16.6 Å². The first-order valence-electron chi connectivity index (χ1n) is 7.60. The molecule has 4 rings (SSSR count). The number of rotatable bonds is 2. The minimum atomic E-state index is 0.0712. The molecule has 21 heavy (non-hydrogen) atoms. The number of hydrogen-bond acceptors (Lipinski definition) is 4. The second kappa shape index (κ2) is 4.81. The zero-order valence-corrected chi connectivity index (χ0v) is 13.2. The summed E-state index contributed by atoms with van der Waals surface area (Å²) < 4.78 is 1.86. The van der Waals surface area contributed by atoms with Crippen LogP contribution in [-0.4, -0.2) is 33.8 Å². The van der Waals surface area contributed by atoms with Crippen LogP contribution in [0.4, 0.5) is 0 Å². The normalized spacial score (nSPS) is 28.2. The highest BCUT2D eigenvalue weighted by atomic mass is 32.1. The number of amides is 1. The third-order valence-corrected chi connectivity index (χ3v) is 5.93. The Morgan fingerprint density at radius 2 is 2.14 bits per heavy atom. The van der Waals surface area contributed by atoms with E-state index in [9.17, 15) is 4.79 Å². The van der Waals surface area contributed by atoms with Crippen LogP contribution in [0.2, 0.25) is 0 Å². The van der Waals surface area contributed by atoms with Gasteiger partial charge in [0, 0.05) is 30.6 Å². The summed E-state index contributed by atoms with van der Waals surface area (Å²) in [6, 6.07) is 3.50. The molecule has 0 radical (unpaired) electrons. The first kappa shape index (κ1) is 13.3. The second-order valence-corrected chi connectivity index (χ2v) is 7.35. The minimum absolute atomic E-state index is 0.0712. The van der Waals surface area contributed by atoms with Crippen molar-refractivity contribution in [3.63, 3.8) is 0 Å². The van der Waals surface area contributed by atoms with Crippen LogP contribution in [-0.2, 0) is 7.05 Å². The minimum Gasteiger partial charge on any atom is -0.348 e. The van der Waals surface area contributed by atoms with Crippen LogP contribution in [0, 0.1) is 6.92 Å². The lowest BCUT2D eigenvalue weighted by molar-refractivity contribution is 0.0928. The van der Waals surface area contributed by atoms with E-state index in [1.807, 2.05) is 24.7 Å². The van der Waals surface area contributed by atoms with E-state index in [1.54, 1.807) is 0 Å². The number of carbonyl (C=O) groups is 1. The van der Waals surface area contributed by atoms with Gasteiger partial charge >= 0.3 is 0 Å². The standard InChI is InChI=1S/C15H20N4OS/c1-8-12-7-13(21-15(12)19(2)18-8)14(20)17-11-5-9-3-4-10(6-11)16-9/h7,9-11,16H,3-6H2,1-2H3,(H,17,20). The summed E-state index contributed by atoms with van der Waals surface area (Å²) >= 11 is 1.53. The van der Waals surface area contributed by atoms with Crippen LogP contribution in [0.1, 0.15) is 41.0 Å². The molecule has 0 spiro atoms. The molecule has 0 aliphatic carbocycles. The Labute approximate surface area is 127 Å². The number of aryl methyl sites for hydroxylation is 2. The Morgan fingerprint density at radius 1 is 1.43 bits per heavy atom. The van der Waals surface area contributed by atoms with Crippen molar-refractivity contribution in [2.45, 2.75) is 50.7 Å².